The first-order valence-electron chi connectivity index (χ1n) is 5.34. The van der Waals surface area contributed by atoms with Crippen LogP contribution in [0.25, 0.3) is 0 Å². The Morgan fingerprint density at radius 2 is 1.82 bits per heavy atom. The molecule has 0 atom stereocenters. The van der Waals surface area contributed by atoms with Crippen molar-refractivity contribution in [3.05, 3.63) is 0 Å². The molecule has 17 heavy (non-hydrogen) atoms. The van der Waals surface area contributed by atoms with Crippen molar-refractivity contribution in [2.45, 2.75) is 20.0 Å². The zero-order valence-corrected chi connectivity index (χ0v) is 9.75. The summed E-state index contributed by atoms with van der Waals surface area (Å²) in [7, 11) is 0. The number of alkyl halides is 3. The molecule has 0 saturated carbocycles. The number of Topliss-reactive ketones (excluding diaryl/α,β-unsaturated/α-hetero) is 1. The highest BCUT2D eigenvalue weighted by Gasteiger charge is 2.38. The maximum absolute atomic E-state index is 12.1. The Labute approximate surface area is 97.4 Å². The van der Waals surface area contributed by atoms with Crippen LogP contribution in [0.3, 0.4) is 0 Å². The van der Waals surface area contributed by atoms with Crippen molar-refractivity contribution in [3.8, 4) is 0 Å². The smallest absolute Gasteiger partial charge is 0.316 e. The highest BCUT2D eigenvalue weighted by atomic mass is 19.4. The maximum atomic E-state index is 12.1. The van der Waals surface area contributed by atoms with Crippen molar-refractivity contribution in [1.29, 1.82) is 0 Å². The Hall–Kier alpha value is -1.27. The molecular formula is C10H15F3N2O2. The number of halogens is 3. The molecule has 0 unspecified atom stereocenters. The number of hydrogen-bond acceptors (Lipinski definition) is 2. The van der Waals surface area contributed by atoms with Gasteiger partial charge in [-0.05, 0) is 0 Å². The first-order valence-corrected chi connectivity index (χ1v) is 5.34. The van der Waals surface area contributed by atoms with E-state index in [2.05, 4.69) is 0 Å². The predicted molar refractivity (Wildman–Crippen MR) is 54.4 cm³/mol. The molecule has 1 rings (SSSR count). The summed E-state index contributed by atoms with van der Waals surface area (Å²) in [6.45, 7) is 2.22. The van der Waals surface area contributed by atoms with E-state index in [1.165, 1.54) is 0 Å². The van der Waals surface area contributed by atoms with Crippen LogP contribution in [0.5, 0.6) is 0 Å². The molecule has 98 valence electrons. The zero-order valence-electron chi connectivity index (χ0n) is 9.75. The van der Waals surface area contributed by atoms with Crippen molar-refractivity contribution in [1.82, 2.24) is 9.80 Å². The second-order valence-electron chi connectivity index (χ2n) is 4.36. The first kappa shape index (κ1) is 13.8. The molecule has 0 spiro atoms. The molecule has 2 amide bonds. The van der Waals surface area contributed by atoms with Crippen molar-refractivity contribution < 1.29 is 22.8 Å². The van der Waals surface area contributed by atoms with Crippen LogP contribution in [0.2, 0.25) is 0 Å². The number of carbonyl (C=O) groups is 2. The Bertz CT molecular complexity index is 315. The highest BCUT2D eigenvalue weighted by Crippen LogP contribution is 2.20. The van der Waals surface area contributed by atoms with E-state index in [1.54, 1.807) is 13.8 Å². The summed E-state index contributed by atoms with van der Waals surface area (Å²) in [5.74, 6) is -0.369. The Morgan fingerprint density at radius 3 is 2.29 bits per heavy atom. The molecule has 4 nitrogen and oxygen atoms in total. The van der Waals surface area contributed by atoms with Gasteiger partial charge >= 0.3 is 12.2 Å². The van der Waals surface area contributed by atoms with Gasteiger partial charge in [0.2, 0.25) is 0 Å². The van der Waals surface area contributed by atoms with Gasteiger partial charge in [-0.1, -0.05) is 13.8 Å². The minimum Gasteiger partial charge on any atom is -0.316 e. The van der Waals surface area contributed by atoms with Crippen molar-refractivity contribution in [3.63, 3.8) is 0 Å². The van der Waals surface area contributed by atoms with Crippen LogP contribution in [0.15, 0.2) is 0 Å². The van der Waals surface area contributed by atoms with E-state index in [-0.39, 0.29) is 31.3 Å². The quantitative estimate of drug-likeness (QED) is 0.761. The SMILES string of the molecule is CC(C)C(=O)CN1CCN(CC(F)(F)F)C1=O. The van der Waals surface area contributed by atoms with E-state index >= 15 is 0 Å². The number of rotatable bonds is 4. The molecule has 1 heterocycles. The molecule has 0 aromatic heterocycles. The third-order valence-corrected chi connectivity index (χ3v) is 2.54. The van der Waals surface area contributed by atoms with Gasteiger partial charge < -0.3 is 9.80 Å². The van der Waals surface area contributed by atoms with E-state index in [4.69, 9.17) is 0 Å². The number of ketones is 1. The van der Waals surface area contributed by atoms with Gasteiger partial charge in [0, 0.05) is 19.0 Å². The van der Waals surface area contributed by atoms with Gasteiger partial charge in [-0.25, -0.2) is 4.79 Å². The third-order valence-electron chi connectivity index (χ3n) is 2.54. The number of hydrogen-bond donors (Lipinski definition) is 0. The lowest BCUT2D eigenvalue weighted by molar-refractivity contribution is -0.138. The van der Waals surface area contributed by atoms with Crippen LogP contribution in [0, 0.1) is 5.92 Å². The summed E-state index contributed by atoms with van der Waals surface area (Å²) in [5, 5.41) is 0. The van der Waals surface area contributed by atoms with Gasteiger partial charge in [0.1, 0.15) is 6.54 Å². The third kappa shape index (κ3) is 3.90. The Balaban J connectivity index is 2.53. The summed E-state index contributed by atoms with van der Waals surface area (Å²) >= 11 is 0. The van der Waals surface area contributed by atoms with E-state index in [0.29, 0.717) is 4.90 Å². The van der Waals surface area contributed by atoms with Crippen LogP contribution < -0.4 is 0 Å². The van der Waals surface area contributed by atoms with Crippen molar-refractivity contribution in [2.75, 3.05) is 26.2 Å². The maximum Gasteiger partial charge on any atom is 0.406 e. The van der Waals surface area contributed by atoms with Gasteiger partial charge in [-0.3, -0.25) is 4.79 Å². The lowest BCUT2D eigenvalue weighted by atomic mass is 10.1. The van der Waals surface area contributed by atoms with Crippen LogP contribution in [-0.4, -0.2) is 54.0 Å². The van der Waals surface area contributed by atoms with Crippen LogP contribution in [-0.2, 0) is 4.79 Å². The largest absolute Gasteiger partial charge is 0.406 e. The molecule has 1 saturated heterocycles. The molecule has 0 aromatic rings. The fraction of sp³-hybridized carbons (Fsp3) is 0.800. The zero-order chi connectivity index (χ0) is 13.2. The van der Waals surface area contributed by atoms with Gasteiger partial charge in [0.15, 0.2) is 5.78 Å². The minimum atomic E-state index is -4.40. The average Bonchev–Trinajstić information content (AvgIpc) is 2.47. The summed E-state index contributed by atoms with van der Waals surface area (Å²) in [6, 6.07) is -0.712. The second kappa shape index (κ2) is 4.93. The lowest BCUT2D eigenvalue weighted by Crippen LogP contribution is -2.40. The molecule has 0 aliphatic carbocycles. The normalized spacial score (nSPS) is 17.2. The standard InChI is InChI=1S/C10H15F3N2O2/c1-7(2)8(16)5-14-3-4-15(9(14)17)6-10(11,12)13/h7H,3-6H2,1-2H3. The first-order chi connectivity index (χ1) is 7.70. The van der Waals surface area contributed by atoms with E-state index in [1.807, 2.05) is 0 Å². The number of nitrogens with zero attached hydrogens (tertiary/aromatic N) is 2. The summed E-state index contributed by atoms with van der Waals surface area (Å²) < 4.78 is 36.4. The second-order valence-corrected chi connectivity index (χ2v) is 4.36. The molecule has 1 aliphatic rings. The van der Waals surface area contributed by atoms with Crippen LogP contribution >= 0.6 is 0 Å². The lowest BCUT2D eigenvalue weighted by Gasteiger charge is -2.19. The summed E-state index contributed by atoms with van der Waals surface area (Å²) in [4.78, 5) is 24.8. The molecule has 0 bridgehead atoms. The van der Waals surface area contributed by atoms with Crippen LogP contribution in [0.4, 0.5) is 18.0 Å². The highest BCUT2D eigenvalue weighted by molar-refractivity contribution is 5.87. The molecular weight excluding hydrogens is 237 g/mol. The molecule has 0 radical (unpaired) electrons. The van der Waals surface area contributed by atoms with Crippen molar-refractivity contribution >= 4 is 11.8 Å². The van der Waals surface area contributed by atoms with Gasteiger partial charge in [-0.15, -0.1) is 0 Å². The fourth-order valence-electron chi connectivity index (χ4n) is 1.51. The monoisotopic (exact) mass is 252 g/mol. The number of carbonyl (C=O) groups excluding carboxylic acids is 2. The fourth-order valence-corrected chi connectivity index (χ4v) is 1.51. The summed E-state index contributed by atoms with van der Waals surface area (Å²) in [6.07, 6.45) is -4.40. The molecule has 1 fully saturated rings. The van der Waals surface area contributed by atoms with Gasteiger partial charge in [0.05, 0.1) is 6.54 Å². The predicted octanol–water partition coefficient (Wildman–Crippen LogP) is 1.51. The minimum absolute atomic E-state index is 0.0176. The Kier molecular flexibility index (Phi) is 4.00. The van der Waals surface area contributed by atoms with E-state index in [0.717, 1.165) is 4.90 Å². The number of urea groups is 1. The summed E-state index contributed by atoms with van der Waals surface area (Å²) in [5.41, 5.74) is 0. The average molecular weight is 252 g/mol. The Morgan fingerprint density at radius 1 is 1.29 bits per heavy atom. The number of amides is 2. The molecule has 7 heteroatoms. The molecule has 0 aromatic carbocycles. The molecule has 0 N–H and O–H groups in total. The van der Waals surface area contributed by atoms with Gasteiger partial charge in [0.25, 0.3) is 0 Å². The topological polar surface area (TPSA) is 40.6 Å². The van der Waals surface area contributed by atoms with E-state index in [9.17, 15) is 22.8 Å². The molecule has 1 aliphatic heterocycles. The van der Waals surface area contributed by atoms with Crippen molar-refractivity contribution in [2.24, 2.45) is 5.92 Å². The van der Waals surface area contributed by atoms with Crippen LogP contribution in [0.1, 0.15) is 13.8 Å². The van der Waals surface area contributed by atoms with Gasteiger partial charge in [-0.2, -0.15) is 13.2 Å². The van der Waals surface area contributed by atoms with E-state index < -0.39 is 18.8 Å².